The summed E-state index contributed by atoms with van der Waals surface area (Å²) in [5, 5.41) is 2.46. The van der Waals surface area contributed by atoms with Gasteiger partial charge in [-0.15, -0.1) is 0 Å². The molecule has 0 bridgehead atoms. The molecule has 0 unspecified atom stereocenters. The molecule has 10 heavy (non-hydrogen) atoms. The van der Waals surface area contributed by atoms with Crippen LogP contribution in [0.1, 0.15) is 0 Å². The molecule has 2 nitrogen and oxygen atoms in total. The fourth-order valence-corrected chi connectivity index (χ4v) is 1.43. The molecule has 0 saturated carbocycles. The first-order chi connectivity index (χ1) is 4.86. The van der Waals surface area contributed by atoms with Crippen LogP contribution in [0, 0.1) is 0 Å². The molecule has 0 atom stereocenters. The average Bonchev–Trinajstić information content (AvgIpc) is 2.33. The molecular weight excluding hydrogens is 192 g/mol. The number of hydrogen-bond acceptors (Lipinski definition) is 1. The number of nitrogens with one attached hydrogen (secondary N) is 1. The van der Waals surface area contributed by atoms with Gasteiger partial charge in [0.1, 0.15) is 0 Å². The van der Waals surface area contributed by atoms with Crippen molar-refractivity contribution < 1.29 is 0 Å². The van der Waals surface area contributed by atoms with E-state index in [1.807, 2.05) is 10.1 Å². The fourth-order valence-electron chi connectivity index (χ4n) is 1.07. The first kappa shape index (κ1) is 6.04. The van der Waals surface area contributed by atoms with E-state index in [0.29, 0.717) is 0 Å². The van der Waals surface area contributed by atoms with Crippen molar-refractivity contribution in [2.24, 2.45) is 0 Å². The van der Waals surface area contributed by atoms with Gasteiger partial charge in [-0.05, 0) is 12.1 Å². The van der Waals surface area contributed by atoms with Gasteiger partial charge in [0, 0.05) is 45.7 Å². The Morgan fingerprint density at radius 3 is 3.40 bits per heavy atom. The summed E-state index contributed by atoms with van der Waals surface area (Å²) >= 11 is 3.38. The van der Waals surface area contributed by atoms with Crippen LogP contribution in [0.15, 0.2) is 12.3 Å². The predicted octanol–water partition coefficient (Wildman–Crippen LogP) is 0.159. The van der Waals surface area contributed by atoms with Crippen molar-refractivity contribution in [3.05, 3.63) is 22.8 Å². The smallest absolute Gasteiger partial charge is 0.0494 e. The Kier molecular flexibility index (Phi) is 1.31. The first-order valence-corrected chi connectivity index (χ1v) is 3.85. The highest BCUT2D eigenvalue weighted by molar-refractivity contribution is 9.07. The van der Waals surface area contributed by atoms with Gasteiger partial charge in [0.15, 0.2) is 0 Å². The van der Waals surface area contributed by atoms with Crippen molar-refractivity contribution >= 4 is 28.4 Å². The van der Waals surface area contributed by atoms with Crippen molar-refractivity contribution in [2.45, 2.75) is 0 Å². The Hall–Kier alpha value is -0.700. The molecule has 1 aromatic heterocycles. The molecular formula is C7H7BrN2. The van der Waals surface area contributed by atoms with Crippen LogP contribution in [0.5, 0.6) is 0 Å². The van der Waals surface area contributed by atoms with Gasteiger partial charge in [0.25, 0.3) is 0 Å². The minimum absolute atomic E-state index is 0.924. The lowest BCUT2D eigenvalue weighted by Gasteiger charge is -2.08. The van der Waals surface area contributed by atoms with Crippen molar-refractivity contribution in [1.29, 1.82) is 0 Å². The standard InChI is InChI=1S/C7H7BrN2/c8-10-4-2-7-6(5-10)1-3-9-7/h1-3,5,9H,4H2. The lowest BCUT2D eigenvalue weighted by molar-refractivity contribution is 0.787. The van der Waals surface area contributed by atoms with Gasteiger partial charge in [-0.2, -0.15) is 0 Å². The Morgan fingerprint density at radius 1 is 1.60 bits per heavy atom. The maximum Gasteiger partial charge on any atom is 0.0494 e. The van der Waals surface area contributed by atoms with Crippen molar-refractivity contribution in [3.63, 3.8) is 0 Å². The number of fused-ring (bicyclic) bond motifs is 1. The summed E-state index contributed by atoms with van der Waals surface area (Å²) in [7, 11) is 0. The molecule has 1 aliphatic rings. The maximum absolute atomic E-state index is 3.38. The third-order valence-corrected chi connectivity index (χ3v) is 2.06. The van der Waals surface area contributed by atoms with Gasteiger partial charge in [-0.1, -0.05) is 0 Å². The Morgan fingerprint density at radius 2 is 2.50 bits per heavy atom. The Labute approximate surface area is 67.2 Å². The molecule has 0 spiro atoms. The minimum Gasteiger partial charge on any atom is -0.361 e. The van der Waals surface area contributed by atoms with Crippen LogP contribution in [-0.4, -0.2) is 15.5 Å². The predicted molar refractivity (Wildman–Crippen MR) is 44.6 cm³/mol. The van der Waals surface area contributed by atoms with Crippen molar-refractivity contribution in [1.82, 2.24) is 8.91 Å². The second kappa shape index (κ2) is 2.16. The van der Waals surface area contributed by atoms with Crippen molar-refractivity contribution in [3.8, 4) is 0 Å². The molecule has 3 heteroatoms. The monoisotopic (exact) mass is 198 g/mol. The van der Waals surface area contributed by atoms with E-state index in [1.165, 1.54) is 10.6 Å². The van der Waals surface area contributed by atoms with Crippen LogP contribution < -0.4 is 10.6 Å². The van der Waals surface area contributed by atoms with Gasteiger partial charge < -0.3 is 8.91 Å². The summed E-state index contributed by atoms with van der Waals surface area (Å²) in [5.74, 6) is 0. The fraction of sp³-hybridized carbons (Fsp3) is 0.143. The highest BCUT2D eigenvalue weighted by Gasteiger charge is 1.97. The van der Waals surface area contributed by atoms with Crippen LogP contribution in [0.3, 0.4) is 0 Å². The van der Waals surface area contributed by atoms with Crippen LogP contribution in [0.4, 0.5) is 0 Å². The molecule has 1 aromatic rings. The lowest BCUT2D eigenvalue weighted by atomic mass is 10.3. The third kappa shape index (κ3) is 0.865. The number of H-pyrrole nitrogens is 1. The topological polar surface area (TPSA) is 19.0 Å². The third-order valence-electron chi connectivity index (χ3n) is 1.56. The zero-order chi connectivity index (χ0) is 6.97. The number of hydrogen-bond donors (Lipinski definition) is 1. The zero-order valence-electron chi connectivity index (χ0n) is 5.34. The van der Waals surface area contributed by atoms with Gasteiger partial charge in [0.05, 0.1) is 0 Å². The van der Waals surface area contributed by atoms with E-state index in [9.17, 15) is 0 Å². The molecule has 1 aliphatic heterocycles. The largest absolute Gasteiger partial charge is 0.361 e. The van der Waals surface area contributed by atoms with Gasteiger partial charge in [-0.3, -0.25) is 0 Å². The summed E-state index contributed by atoms with van der Waals surface area (Å²) < 4.78 is 1.98. The molecule has 0 aliphatic carbocycles. The zero-order valence-corrected chi connectivity index (χ0v) is 6.93. The van der Waals surface area contributed by atoms with Gasteiger partial charge in [-0.25, -0.2) is 0 Å². The molecule has 2 rings (SSSR count). The summed E-state index contributed by atoms with van der Waals surface area (Å²) in [4.78, 5) is 3.14. The molecule has 2 heterocycles. The van der Waals surface area contributed by atoms with E-state index in [2.05, 4.69) is 39.5 Å². The number of aromatic nitrogens is 1. The first-order valence-electron chi connectivity index (χ1n) is 3.14. The Bertz CT molecular complexity index is 339. The highest BCUT2D eigenvalue weighted by atomic mass is 79.9. The maximum atomic E-state index is 3.38. The van der Waals surface area contributed by atoms with E-state index in [1.54, 1.807) is 0 Å². The average molecular weight is 199 g/mol. The van der Waals surface area contributed by atoms with E-state index >= 15 is 0 Å². The molecule has 52 valence electrons. The lowest BCUT2D eigenvalue weighted by Crippen LogP contribution is -2.30. The quantitative estimate of drug-likeness (QED) is 0.589. The van der Waals surface area contributed by atoms with Crippen LogP contribution in [-0.2, 0) is 0 Å². The minimum atomic E-state index is 0.924. The second-order valence-electron chi connectivity index (χ2n) is 2.26. The van der Waals surface area contributed by atoms with Crippen LogP contribution in [0.2, 0.25) is 0 Å². The van der Waals surface area contributed by atoms with Gasteiger partial charge >= 0.3 is 0 Å². The number of halogens is 1. The van der Waals surface area contributed by atoms with Gasteiger partial charge in [0.2, 0.25) is 0 Å². The van der Waals surface area contributed by atoms with Crippen molar-refractivity contribution in [2.75, 3.05) is 6.54 Å². The van der Waals surface area contributed by atoms with Crippen LogP contribution >= 0.6 is 16.1 Å². The number of aromatic amines is 1. The van der Waals surface area contributed by atoms with E-state index in [4.69, 9.17) is 0 Å². The number of rotatable bonds is 0. The van der Waals surface area contributed by atoms with E-state index in [0.717, 1.165) is 6.54 Å². The second-order valence-corrected chi connectivity index (χ2v) is 3.17. The Balaban J connectivity index is 2.73. The summed E-state index contributed by atoms with van der Waals surface area (Å²) in [6, 6.07) is 2.05. The summed E-state index contributed by atoms with van der Waals surface area (Å²) in [6.45, 7) is 0.924. The van der Waals surface area contributed by atoms with E-state index < -0.39 is 0 Å². The molecule has 1 N–H and O–H groups in total. The number of nitrogens with zero attached hydrogens (tertiary/aromatic N) is 1. The summed E-state index contributed by atoms with van der Waals surface area (Å²) in [6.07, 6.45) is 6.15. The molecule has 0 radical (unpaired) electrons. The van der Waals surface area contributed by atoms with E-state index in [-0.39, 0.29) is 0 Å². The highest BCUT2D eigenvalue weighted by Crippen LogP contribution is 1.98. The summed E-state index contributed by atoms with van der Waals surface area (Å²) in [5.41, 5.74) is 0. The molecule has 0 fully saturated rings. The SMILES string of the molecule is BrN1C=c2cc[nH]c2=CC1. The molecule has 0 amide bonds. The molecule has 0 saturated heterocycles. The van der Waals surface area contributed by atoms with Crippen LogP contribution in [0.25, 0.3) is 12.3 Å². The normalized spacial score (nSPS) is 15.5. The molecule has 0 aromatic carbocycles.